The maximum Gasteiger partial charge on any atom is 0.472 e. The van der Waals surface area contributed by atoms with Gasteiger partial charge in [0.1, 0.15) is 0 Å². The van der Waals surface area contributed by atoms with Gasteiger partial charge in [-0.2, -0.15) is 0 Å². The molecule has 0 heterocycles. The Balaban J connectivity index is 3.86. The average Bonchev–Trinajstić information content (AvgIpc) is 3.26. The lowest BCUT2D eigenvalue weighted by atomic mass is 10.0. The minimum Gasteiger partial charge on any atom is -0.387 e. The lowest BCUT2D eigenvalue weighted by molar-refractivity contribution is -0.123. The van der Waals surface area contributed by atoms with Crippen LogP contribution in [-0.2, 0) is 18.4 Å². The predicted octanol–water partition coefficient (Wildman–Crippen LogP) is 16.3. The van der Waals surface area contributed by atoms with Crippen molar-refractivity contribution in [1.82, 2.24) is 5.32 Å². The summed E-state index contributed by atoms with van der Waals surface area (Å²) in [4.78, 5) is 22.8. The molecule has 0 aliphatic heterocycles. The summed E-state index contributed by atoms with van der Waals surface area (Å²) in [5.74, 6) is -0.188. The number of nitrogens with two attached hydrogens (primary N) is 1. The Morgan fingerprint density at radius 2 is 0.823 bits per heavy atom. The number of rotatable bonds is 52. The molecular formula is C53H107N2O6P. The van der Waals surface area contributed by atoms with Crippen molar-refractivity contribution >= 4 is 13.7 Å². The highest BCUT2D eigenvalue weighted by atomic mass is 31.2. The van der Waals surface area contributed by atoms with E-state index in [0.29, 0.717) is 6.42 Å². The highest BCUT2D eigenvalue weighted by molar-refractivity contribution is 7.47. The minimum absolute atomic E-state index is 0.0815. The zero-order valence-corrected chi connectivity index (χ0v) is 42.3. The van der Waals surface area contributed by atoms with Crippen LogP contribution in [0, 0.1) is 0 Å². The summed E-state index contributed by atoms with van der Waals surface area (Å²) in [7, 11) is -4.34. The van der Waals surface area contributed by atoms with Gasteiger partial charge in [-0.1, -0.05) is 276 Å². The number of hydrogen-bond acceptors (Lipinski definition) is 6. The van der Waals surface area contributed by atoms with Crippen LogP contribution in [0.1, 0.15) is 290 Å². The van der Waals surface area contributed by atoms with Crippen molar-refractivity contribution in [2.24, 2.45) is 5.73 Å². The van der Waals surface area contributed by atoms with Gasteiger partial charge in [0.25, 0.3) is 0 Å². The molecule has 0 bridgehead atoms. The van der Waals surface area contributed by atoms with Gasteiger partial charge < -0.3 is 21.1 Å². The maximum atomic E-state index is 12.8. The van der Waals surface area contributed by atoms with E-state index >= 15 is 0 Å². The van der Waals surface area contributed by atoms with Gasteiger partial charge >= 0.3 is 7.82 Å². The lowest BCUT2D eigenvalue weighted by Crippen LogP contribution is -2.45. The van der Waals surface area contributed by atoms with Gasteiger partial charge in [0, 0.05) is 13.0 Å². The van der Waals surface area contributed by atoms with E-state index in [1.807, 2.05) is 6.08 Å². The monoisotopic (exact) mass is 899 g/mol. The van der Waals surface area contributed by atoms with Crippen LogP contribution >= 0.6 is 7.82 Å². The molecule has 62 heavy (non-hydrogen) atoms. The molecule has 0 aromatic carbocycles. The van der Waals surface area contributed by atoms with E-state index in [1.54, 1.807) is 6.08 Å². The normalized spacial score (nSPS) is 13.8. The number of phosphoric ester groups is 1. The number of allylic oxidation sites excluding steroid dienone is 1. The van der Waals surface area contributed by atoms with E-state index < -0.39 is 20.0 Å². The zero-order valence-electron chi connectivity index (χ0n) is 41.4. The van der Waals surface area contributed by atoms with Crippen molar-refractivity contribution in [2.45, 2.75) is 302 Å². The second-order valence-electron chi connectivity index (χ2n) is 18.8. The van der Waals surface area contributed by atoms with Crippen LogP contribution in [0.3, 0.4) is 0 Å². The average molecular weight is 899 g/mol. The fourth-order valence-corrected chi connectivity index (χ4v) is 9.25. The van der Waals surface area contributed by atoms with E-state index in [0.717, 1.165) is 38.5 Å². The van der Waals surface area contributed by atoms with Gasteiger partial charge in [0.2, 0.25) is 5.91 Å². The van der Waals surface area contributed by atoms with Crippen molar-refractivity contribution in [3.63, 3.8) is 0 Å². The van der Waals surface area contributed by atoms with Gasteiger partial charge in [-0.15, -0.1) is 0 Å². The molecule has 1 unspecified atom stereocenters. The van der Waals surface area contributed by atoms with Crippen LogP contribution in [0.5, 0.6) is 0 Å². The molecule has 5 N–H and O–H groups in total. The Morgan fingerprint density at radius 1 is 0.516 bits per heavy atom. The van der Waals surface area contributed by atoms with Gasteiger partial charge in [-0.3, -0.25) is 13.8 Å². The number of amides is 1. The Labute approximate surface area is 385 Å². The summed E-state index contributed by atoms with van der Waals surface area (Å²) < 4.78 is 22.2. The molecule has 0 aromatic heterocycles. The van der Waals surface area contributed by atoms with Gasteiger partial charge in [0.15, 0.2) is 0 Å². The van der Waals surface area contributed by atoms with E-state index in [2.05, 4.69) is 19.2 Å². The molecule has 0 saturated carbocycles. The molecule has 0 spiro atoms. The first-order valence-electron chi connectivity index (χ1n) is 27.3. The van der Waals surface area contributed by atoms with Crippen LogP contribution in [0.4, 0.5) is 0 Å². The third kappa shape index (κ3) is 47.2. The number of carbonyl (C=O) groups is 1. The molecule has 1 amide bonds. The Bertz CT molecular complexity index is 984. The van der Waals surface area contributed by atoms with E-state index in [-0.39, 0.29) is 25.7 Å². The second kappa shape index (κ2) is 49.7. The van der Waals surface area contributed by atoms with Gasteiger partial charge in [-0.05, 0) is 19.3 Å². The molecule has 0 aromatic rings. The van der Waals surface area contributed by atoms with E-state index in [4.69, 9.17) is 14.8 Å². The van der Waals surface area contributed by atoms with Crippen LogP contribution in [-0.4, -0.2) is 47.8 Å². The van der Waals surface area contributed by atoms with Crippen molar-refractivity contribution in [3.8, 4) is 0 Å². The summed E-state index contributed by atoms with van der Waals surface area (Å²) in [6.45, 7) is 4.17. The number of carbonyl (C=O) groups excluding carboxylic acids is 1. The van der Waals surface area contributed by atoms with Crippen molar-refractivity contribution in [1.29, 1.82) is 0 Å². The van der Waals surface area contributed by atoms with Crippen LogP contribution < -0.4 is 11.1 Å². The predicted molar refractivity (Wildman–Crippen MR) is 268 cm³/mol. The van der Waals surface area contributed by atoms with Crippen LogP contribution in [0.2, 0.25) is 0 Å². The molecule has 0 radical (unpaired) electrons. The summed E-state index contributed by atoms with van der Waals surface area (Å²) in [6.07, 6.45) is 58.8. The van der Waals surface area contributed by atoms with Crippen molar-refractivity contribution in [2.75, 3.05) is 19.8 Å². The summed E-state index contributed by atoms with van der Waals surface area (Å²) in [5, 5.41) is 13.7. The van der Waals surface area contributed by atoms with E-state index in [9.17, 15) is 19.4 Å². The van der Waals surface area contributed by atoms with E-state index in [1.165, 1.54) is 231 Å². The largest absolute Gasteiger partial charge is 0.472 e. The third-order valence-corrected chi connectivity index (χ3v) is 13.6. The number of nitrogens with one attached hydrogen (secondary N) is 1. The molecule has 0 fully saturated rings. The summed E-state index contributed by atoms with van der Waals surface area (Å²) in [5.41, 5.74) is 5.39. The standard InChI is InChI=1S/C53H107N2O6P/c1-3-5-7-9-11-13-15-17-18-19-20-21-22-23-24-25-26-27-28-29-30-31-32-33-35-37-39-41-43-45-47-53(57)55-51(50-61-62(58,59)60-49-48-54)52(56)46-44-42-40-38-36-34-16-14-12-10-8-6-4-2/h44,46,51-52,56H,3-43,45,47-50,54H2,1-2H3,(H,55,57)(H,58,59)/b46-44+/t51-,52+/m0/s1. The molecule has 3 atom stereocenters. The second-order valence-corrected chi connectivity index (χ2v) is 20.3. The highest BCUT2D eigenvalue weighted by Crippen LogP contribution is 2.43. The lowest BCUT2D eigenvalue weighted by Gasteiger charge is -2.23. The summed E-state index contributed by atoms with van der Waals surface area (Å²) >= 11 is 0. The molecule has 0 saturated heterocycles. The fraction of sp³-hybridized carbons (Fsp3) is 0.943. The van der Waals surface area contributed by atoms with Crippen molar-refractivity contribution in [3.05, 3.63) is 12.2 Å². The van der Waals surface area contributed by atoms with Crippen LogP contribution in [0.25, 0.3) is 0 Å². The quantitative estimate of drug-likeness (QED) is 0.0272. The molecular weight excluding hydrogens is 792 g/mol. The number of phosphoric acid groups is 1. The number of unbranched alkanes of at least 4 members (excludes halogenated alkanes) is 40. The first-order valence-corrected chi connectivity index (χ1v) is 28.8. The molecule has 0 aliphatic carbocycles. The fourth-order valence-electron chi connectivity index (χ4n) is 8.49. The SMILES string of the molecule is CCCCCCCCCCCCC/C=C/[C@@H](O)[C@H](COP(=O)(O)OCCN)NC(=O)CCCCCCCCCCCCCCCCCCCCCCCCCCCCCCCC. The smallest absolute Gasteiger partial charge is 0.387 e. The topological polar surface area (TPSA) is 131 Å². The summed E-state index contributed by atoms with van der Waals surface area (Å²) in [6, 6.07) is -0.855. The maximum absolute atomic E-state index is 12.8. The zero-order chi connectivity index (χ0) is 45.3. The third-order valence-electron chi connectivity index (χ3n) is 12.6. The highest BCUT2D eigenvalue weighted by Gasteiger charge is 2.27. The number of aliphatic hydroxyl groups is 1. The minimum atomic E-state index is -4.34. The molecule has 0 rings (SSSR count). The Morgan fingerprint density at radius 3 is 1.15 bits per heavy atom. The number of hydrogen-bond donors (Lipinski definition) is 4. The number of aliphatic hydroxyl groups excluding tert-OH is 1. The van der Waals surface area contributed by atoms with Gasteiger partial charge in [0.05, 0.1) is 25.4 Å². The molecule has 0 aliphatic rings. The molecule has 8 nitrogen and oxygen atoms in total. The molecule has 9 heteroatoms. The Hall–Kier alpha value is -0.760. The molecule has 370 valence electrons. The van der Waals surface area contributed by atoms with Crippen molar-refractivity contribution < 1.29 is 28.4 Å². The first kappa shape index (κ1) is 61.2. The first-order chi connectivity index (χ1) is 30.4. The van der Waals surface area contributed by atoms with Crippen LogP contribution in [0.15, 0.2) is 12.2 Å². The Kier molecular flexibility index (Phi) is 49.1. The van der Waals surface area contributed by atoms with Gasteiger partial charge in [-0.25, -0.2) is 4.57 Å².